The van der Waals surface area contributed by atoms with E-state index in [1.165, 1.54) is 29.5 Å². The number of phenolic OH excluding ortho intramolecular Hbond substituents is 1. The molecule has 1 aromatic carbocycles. The minimum atomic E-state index is -0.148. The van der Waals surface area contributed by atoms with Gasteiger partial charge in [0.15, 0.2) is 5.43 Å². The van der Waals surface area contributed by atoms with E-state index >= 15 is 0 Å². The standard InChI is InChI=1S/C13H8O3S/c14-8-3-4-11-9(6-8)10(15)7-12(16-11)13-2-1-5-17-13/h1-7,14H. The van der Waals surface area contributed by atoms with Crippen LogP contribution in [0.3, 0.4) is 0 Å². The Bertz CT molecular complexity index is 726. The van der Waals surface area contributed by atoms with Gasteiger partial charge in [-0.1, -0.05) is 6.07 Å². The van der Waals surface area contributed by atoms with Crippen molar-refractivity contribution in [2.75, 3.05) is 0 Å². The van der Waals surface area contributed by atoms with Crippen LogP contribution in [0.15, 0.2) is 51.0 Å². The number of aromatic hydroxyl groups is 1. The minimum absolute atomic E-state index is 0.0636. The van der Waals surface area contributed by atoms with Crippen LogP contribution in [0.1, 0.15) is 0 Å². The largest absolute Gasteiger partial charge is 0.508 e. The maximum atomic E-state index is 11.9. The lowest BCUT2D eigenvalue weighted by Crippen LogP contribution is -1.99. The quantitative estimate of drug-likeness (QED) is 0.715. The van der Waals surface area contributed by atoms with Gasteiger partial charge in [0.25, 0.3) is 0 Å². The molecule has 0 fully saturated rings. The lowest BCUT2D eigenvalue weighted by molar-refractivity contribution is 0.475. The molecule has 17 heavy (non-hydrogen) atoms. The lowest BCUT2D eigenvalue weighted by Gasteiger charge is -2.01. The topological polar surface area (TPSA) is 50.4 Å². The molecule has 0 spiro atoms. The number of phenols is 1. The molecule has 4 heteroatoms. The van der Waals surface area contributed by atoms with Gasteiger partial charge in [0.05, 0.1) is 10.3 Å². The summed E-state index contributed by atoms with van der Waals surface area (Å²) in [5.41, 5.74) is 0.337. The molecule has 0 amide bonds. The van der Waals surface area contributed by atoms with Gasteiger partial charge in [-0.15, -0.1) is 11.3 Å². The van der Waals surface area contributed by atoms with E-state index in [0.717, 1.165) is 4.88 Å². The predicted octanol–water partition coefficient (Wildman–Crippen LogP) is 3.23. The smallest absolute Gasteiger partial charge is 0.193 e. The van der Waals surface area contributed by atoms with Gasteiger partial charge in [-0.3, -0.25) is 4.79 Å². The number of benzene rings is 1. The molecule has 3 nitrogen and oxygen atoms in total. The minimum Gasteiger partial charge on any atom is -0.508 e. The molecule has 0 aliphatic rings. The van der Waals surface area contributed by atoms with Crippen molar-refractivity contribution in [3.8, 4) is 16.4 Å². The fourth-order valence-electron chi connectivity index (χ4n) is 1.68. The summed E-state index contributed by atoms with van der Waals surface area (Å²) in [6.07, 6.45) is 0. The molecule has 0 aliphatic carbocycles. The maximum absolute atomic E-state index is 11.9. The van der Waals surface area contributed by atoms with Crippen molar-refractivity contribution < 1.29 is 9.52 Å². The average Bonchev–Trinajstić information content (AvgIpc) is 2.83. The highest BCUT2D eigenvalue weighted by atomic mass is 32.1. The first-order valence-electron chi connectivity index (χ1n) is 5.05. The van der Waals surface area contributed by atoms with E-state index in [-0.39, 0.29) is 11.2 Å². The van der Waals surface area contributed by atoms with E-state index < -0.39 is 0 Å². The molecule has 84 valence electrons. The molecule has 2 aromatic heterocycles. The lowest BCUT2D eigenvalue weighted by atomic mass is 10.2. The molecule has 3 rings (SSSR count). The summed E-state index contributed by atoms with van der Waals surface area (Å²) in [6.45, 7) is 0. The number of fused-ring (bicyclic) bond motifs is 1. The highest BCUT2D eigenvalue weighted by Crippen LogP contribution is 2.27. The van der Waals surface area contributed by atoms with Crippen LogP contribution >= 0.6 is 11.3 Å². The van der Waals surface area contributed by atoms with Gasteiger partial charge in [-0.05, 0) is 29.6 Å². The third-order valence-electron chi connectivity index (χ3n) is 2.47. The van der Waals surface area contributed by atoms with E-state index in [0.29, 0.717) is 16.7 Å². The molecular weight excluding hydrogens is 236 g/mol. The molecule has 0 aliphatic heterocycles. The highest BCUT2D eigenvalue weighted by Gasteiger charge is 2.07. The number of rotatable bonds is 1. The summed E-state index contributed by atoms with van der Waals surface area (Å²) in [5.74, 6) is 0.622. The Labute approximate surface area is 101 Å². The van der Waals surface area contributed by atoms with Crippen molar-refractivity contribution in [2.24, 2.45) is 0 Å². The van der Waals surface area contributed by atoms with Gasteiger partial charge >= 0.3 is 0 Å². The van der Waals surface area contributed by atoms with E-state index in [1.54, 1.807) is 6.07 Å². The van der Waals surface area contributed by atoms with Crippen molar-refractivity contribution in [3.05, 3.63) is 52.0 Å². The van der Waals surface area contributed by atoms with Crippen LogP contribution in [-0.2, 0) is 0 Å². The third kappa shape index (κ3) is 1.72. The number of hydrogen-bond acceptors (Lipinski definition) is 4. The number of thiophene rings is 1. The van der Waals surface area contributed by atoms with Crippen molar-refractivity contribution in [3.63, 3.8) is 0 Å². The summed E-state index contributed by atoms with van der Waals surface area (Å²) in [4.78, 5) is 12.8. The Morgan fingerprint density at radius 3 is 2.82 bits per heavy atom. The second-order valence-corrected chi connectivity index (χ2v) is 4.58. The van der Waals surface area contributed by atoms with Gasteiger partial charge in [0, 0.05) is 6.07 Å². The summed E-state index contributed by atoms with van der Waals surface area (Å²) in [5, 5.41) is 11.7. The van der Waals surface area contributed by atoms with Crippen LogP contribution in [0.5, 0.6) is 5.75 Å². The fraction of sp³-hybridized carbons (Fsp3) is 0. The van der Waals surface area contributed by atoms with Gasteiger partial charge in [0.1, 0.15) is 17.1 Å². The van der Waals surface area contributed by atoms with Crippen molar-refractivity contribution in [1.82, 2.24) is 0 Å². The first kappa shape index (κ1) is 10.1. The van der Waals surface area contributed by atoms with Crippen LogP contribution < -0.4 is 5.43 Å². The monoisotopic (exact) mass is 244 g/mol. The Kier molecular flexibility index (Phi) is 2.23. The van der Waals surface area contributed by atoms with Crippen LogP contribution in [0.25, 0.3) is 21.6 Å². The maximum Gasteiger partial charge on any atom is 0.193 e. The normalized spacial score (nSPS) is 10.8. The SMILES string of the molecule is O=c1cc(-c2cccs2)oc2ccc(O)cc12. The average molecular weight is 244 g/mol. The summed E-state index contributed by atoms with van der Waals surface area (Å²) in [7, 11) is 0. The summed E-state index contributed by atoms with van der Waals surface area (Å²) in [6, 6.07) is 9.77. The van der Waals surface area contributed by atoms with E-state index in [2.05, 4.69) is 0 Å². The zero-order valence-electron chi connectivity index (χ0n) is 8.71. The molecule has 0 radical (unpaired) electrons. The van der Waals surface area contributed by atoms with Gasteiger partial charge < -0.3 is 9.52 Å². The fourth-order valence-corrected chi connectivity index (χ4v) is 2.36. The Morgan fingerprint density at radius 1 is 1.18 bits per heavy atom. The first-order valence-corrected chi connectivity index (χ1v) is 5.93. The zero-order valence-corrected chi connectivity index (χ0v) is 9.53. The molecular formula is C13H8O3S. The van der Waals surface area contributed by atoms with Crippen molar-refractivity contribution >= 4 is 22.3 Å². The van der Waals surface area contributed by atoms with Crippen LogP contribution in [-0.4, -0.2) is 5.11 Å². The highest BCUT2D eigenvalue weighted by molar-refractivity contribution is 7.13. The van der Waals surface area contributed by atoms with Crippen LogP contribution in [0.2, 0.25) is 0 Å². The summed E-state index contributed by atoms with van der Waals surface area (Å²) >= 11 is 1.51. The molecule has 0 atom stereocenters. The van der Waals surface area contributed by atoms with Gasteiger partial charge in [-0.25, -0.2) is 0 Å². The Balaban J connectivity index is 2.32. The van der Waals surface area contributed by atoms with E-state index in [9.17, 15) is 9.90 Å². The molecule has 0 saturated carbocycles. The number of hydrogen-bond donors (Lipinski definition) is 1. The molecule has 0 unspecified atom stereocenters. The van der Waals surface area contributed by atoms with Gasteiger partial charge in [0.2, 0.25) is 0 Å². The first-order chi connectivity index (χ1) is 8.24. The van der Waals surface area contributed by atoms with E-state index in [1.807, 2.05) is 17.5 Å². The van der Waals surface area contributed by atoms with Crippen LogP contribution in [0, 0.1) is 0 Å². The second-order valence-electron chi connectivity index (χ2n) is 3.63. The Hall–Kier alpha value is -2.07. The molecule has 0 bridgehead atoms. The van der Waals surface area contributed by atoms with Crippen molar-refractivity contribution in [2.45, 2.75) is 0 Å². The zero-order chi connectivity index (χ0) is 11.8. The predicted molar refractivity (Wildman–Crippen MR) is 67.5 cm³/mol. The molecule has 0 saturated heterocycles. The molecule has 3 aromatic rings. The van der Waals surface area contributed by atoms with E-state index in [4.69, 9.17) is 4.42 Å². The Morgan fingerprint density at radius 2 is 2.06 bits per heavy atom. The molecule has 2 heterocycles. The second kappa shape index (κ2) is 3.75. The van der Waals surface area contributed by atoms with Gasteiger partial charge in [-0.2, -0.15) is 0 Å². The summed E-state index contributed by atoms with van der Waals surface area (Å²) < 4.78 is 5.64. The molecule has 1 N–H and O–H groups in total. The third-order valence-corrected chi connectivity index (χ3v) is 3.36. The van der Waals surface area contributed by atoms with Crippen molar-refractivity contribution in [1.29, 1.82) is 0 Å². The van der Waals surface area contributed by atoms with Crippen LogP contribution in [0.4, 0.5) is 0 Å².